The Morgan fingerprint density at radius 3 is 2.44 bits per heavy atom. The van der Waals surface area contributed by atoms with Crippen LogP contribution in [-0.2, 0) is 16.1 Å². The molecule has 0 saturated carbocycles. The molecule has 0 bridgehead atoms. The second-order valence-corrected chi connectivity index (χ2v) is 5.82. The molecule has 3 aromatic rings. The van der Waals surface area contributed by atoms with Crippen LogP contribution in [-0.4, -0.2) is 30.7 Å². The minimum Gasteiger partial charge on any atom is -0.497 e. The van der Waals surface area contributed by atoms with Gasteiger partial charge in [0.05, 0.1) is 19.8 Å². The maximum atomic E-state index is 12.6. The first kappa shape index (κ1) is 18.2. The second-order valence-electron chi connectivity index (χ2n) is 5.82. The minimum absolute atomic E-state index is 0.125. The van der Waals surface area contributed by atoms with Crippen LogP contribution in [0.15, 0.2) is 59.5 Å². The van der Waals surface area contributed by atoms with Crippen LogP contribution >= 0.6 is 0 Å². The van der Waals surface area contributed by atoms with Crippen LogP contribution < -0.4 is 15.6 Å². The van der Waals surface area contributed by atoms with Crippen LogP contribution in [0.2, 0.25) is 0 Å². The summed E-state index contributed by atoms with van der Waals surface area (Å²) in [7, 11) is 2.86. The molecular weight excluding hydrogens is 348 g/mol. The average molecular weight is 366 g/mol. The molecule has 0 aliphatic rings. The molecule has 0 radical (unpaired) electrons. The van der Waals surface area contributed by atoms with Crippen LogP contribution in [0.5, 0.6) is 5.75 Å². The summed E-state index contributed by atoms with van der Waals surface area (Å²) >= 11 is 0. The summed E-state index contributed by atoms with van der Waals surface area (Å²) in [5.41, 5.74) is 0.647. The first-order valence-corrected chi connectivity index (χ1v) is 8.17. The summed E-state index contributed by atoms with van der Waals surface area (Å²) in [6.45, 7) is -0.125. The van der Waals surface area contributed by atoms with E-state index in [1.807, 2.05) is 0 Å². The highest BCUT2D eigenvalue weighted by Gasteiger charge is 2.09. The molecule has 3 rings (SSSR count). The molecule has 138 valence electrons. The third-order valence-electron chi connectivity index (χ3n) is 4.09. The van der Waals surface area contributed by atoms with Crippen molar-refractivity contribution < 1.29 is 19.1 Å². The third kappa shape index (κ3) is 3.98. The second kappa shape index (κ2) is 7.74. The van der Waals surface area contributed by atoms with E-state index in [-0.39, 0.29) is 18.0 Å². The Balaban J connectivity index is 1.75. The lowest BCUT2D eigenvalue weighted by molar-refractivity contribution is -0.116. The number of carbonyl (C=O) groups excluding carboxylic acids is 2. The number of hydrogen-bond donors (Lipinski definition) is 1. The summed E-state index contributed by atoms with van der Waals surface area (Å²) in [4.78, 5) is 36.2. The van der Waals surface area contributed by atoms with Crippen molar-refractivity contribution in [2.75, 3.05) is 19.5 Å². The number of benzene rings is 2. The van der Waals surface area contributed by atoms with Crippen molar-refractivity contribution in [1.82, 2.24) is 4.57 Å². The fourth-order valence-electron chi connectivity index (χ4n) is 2.68. The van der Waals surface area contributed by atoms with E-state index in [0.29, 0.717) is 22.4 Å². The lowest BCUT2D eigenvalue weighted by Crippen LogP contribution is -2.27. The summed E-state index contributed by atoms with van der Waals surface area (Å²) in [6, 6.07) is 13.2. The van der Waals surface area contributed by atoms with Crippen molar-refractivity contribution in [3.05, 3.63) is 70.6 Å². The number of ether oxygens (including phenoxy) is 2. The van der Waals surface area contributed by atoms with Gasteiger partial charge in [-0.15, -0.1) is 0 Å². The summed E-state index contributed by atoms with van der Waals surface area (Å²) in [5.74, 6) is -0.143. The molecule has 7 heteroatoms. The molecule has 1 amide bonds. The van der Waals surface area contributed by atoms with Gasteiger partial charge in [-0.1, -0.05) is 0 Å². The van der Waals surface area contributed by atoms with Gasteiger partial charge in [-0.05, 0) is 53.9 Å². The van der Waals surface area contributed by atoms with Gasteiger partial charge in [0.15, 0.2) is 0 Å². The Bertz CT molecular complexity index is 1050. The zero-order valence-corrected chi connectivity index (χ0v) is 14.9. The van der Waals surface area contributed by atoms with E-state index in [1.165, 1.54) is 11.7 Å². The highest BCUT2D eigenvalue weighted by atomic mass is 16.5. The molecule has 7 nitrogen and oxygen atoms in total. The Labute approximate surface area is 155 Å². The molecule has 1 N–H and O–H groups in total. The fraction of sp³-hybridized carbons (Fsp3) is 0.150. The molecule has 1 aromatic heterocycles. The number of nitrogens with one attached hydrogen (secondary N) is 1. The van der Waals surface area contributed by atoms with E-state index in [4.69, 9.17) is 4.74 Å². The summed E-state index contributed by atoms with van der Waals surface area (Å²) in [6.07, 6.45) is 1.57. The maximum Gasteiger partial charge on any atom is 0.337 e. The Morgan fingerprint density at radius 2 is 1.78 bits per heavy atom. The molecule has 2 aromatic carbocycles. The van der Waals surface area contributed by atoms with Crippen molar-refractivity contribution in [1.29, 1.82) is 0 Å². The number of fused-ring (bicyclic) bond motifs is 1. The zero-order chi connectivity index (χ0) is 19.4. The predicted molar refractivity (Wildman–Crippen MR) is 101 cm³/mol. The average Bonchev–Trinajstić information content (AvgIpc) is 2.69. The van der Waals surface area contributed by atoms with Crippen molar-refractivity contribution in [3.8, 4) is 5.75 Å². The summed E-state index contributed by atoms with van der Waals surface area (Å²) < 4.78 is 11.1. The van der Waals surface area contributed by atoms with Crippen LogP contribution in [0, 0.1) is 0 Å². The van der Waals surface area contributed by atoms with E-state index in [0.717, 1.165) is 5.39 Å². The normalized spacial score (nSPS) is 10.4. The zero-order valence-electron chi connectivity index (χ0n) is 14.9. The van der Waals surface area contributed by atoms with Gasteiger partial charge in [0.1, 0.15) is 12.3 Å². The first-order chi connectivity index (χ1) is 13.0. The molecule has 0 saturated heterocycles. The van der Waals surface area contributed by atoms with Gasteiger partial charge in [0, 0.05) is 17.3 Å². The highest BCUT2D eigenvalue weighted by Crippen LogP contribution is 2.17. The van der Waals surface area contributed by atoms with Gasteiger partial charge in [0.2, 0.25) is 5.91 Å². The molecular formula is C20H18N2O5. The predicted octanol–water partition coefficient (Wildman–Crippen LogP) is 2.44. The topological polar surface area (TPSA) is 86.6 Å². The van der Waals surface area contributed by atoms with Crippen LogP contribution in [0.25, 0.3) is 10.8 Å². The van der Waals surface area contributed by atoms with Crippen LogP contribution in [0.1, 0.15) is 10.4 Å². The van der Waals surface area contributed by atoms with Gasteiger partial charge in [0.25, 0.3) is 5.56 Å². The van der Waals surface area contributed by atoms with E-state index in [2.05, 4.69) is 10.1 Å². The summed E-state index contributed by atoms with van der Waals surface area (Å²) in [5, 5.41) is 3.95. The van der Waals surface area contributed by atoms with Gasteiger partial charge >= 0.3 is 5.97 Å². The molecule has 1 heterocycles. The third-order valence-corrected chi connectivity index (χ3v) is 4.09. The maximum absolute atomic E-state index is 12.6. The number of carbonyl (C=O) groups is 2. The van der Waals surface area contributed by atoms with E-state index in [9.17, 15) is 14.4 Å². The number of aromatic nitrogens is 1. The lowest BCUT2D eigenvalue weighted by atomic mass is 10.1. The minimum atomic E-state index is -0.452. The van der Waals surface area contributed by atoms with E-state index < -0.39 is 5.97 Å². The number of esters is 1. The molecule has 0 aliphatic heterocycles. The number of anilines is 1. The van der Waals surface area contributed by atoms with E-state index >= 15 is 0 Å². The van der Waals surface area contributed by atoms with Gasteiger partial charge in [-0.25, -0.2) is 4.79 Å². The van der Waals surface area contributed by atoms with Crippen molar-refractivity contribution in [2.45, 2.75) is 6.54 Å². The molecule has 0 unspecified atom stereocenters. The fourth-order valence-corrected chi connectivity index (χ4v) is 2.68. The molecule has 0 aliphatic carbocycles. The van der Waals surface area contributed by atoms with Crippen molar-refractivity contribution in [2.24, 2.45) is 0 Å². The smallest absolute Gasteiger partial charge is 0.337 e. The van der Waals surface area contributed by atoms with Crippen LogP contribution in [0.3, 0.4) is 0 Å². The number of pyridine rings is 1. The standard InChI is InChI=1S/C20H18N2O5/c1-26-16-7-8-17-14(11-16)9-10-22(19(17)24)12-18(23)21-15-5-3-13(4-6-15)20(25)27-2/h3-11H,12H2,1-2H3,(H,21,23). The van der Waals surface area contributed by atoms with Gasteiger partial charge in [-0.3, -0.25) is 9.59 Å². The van der Waals surface area contributed by atoms with Crippen LogP contribution in [0.4, 0.5) is 5.69 Å². The number of amides is 1. The first-order valence-electron chi connectivity index (χ1n) is 8.17. The lowest BCUT2D eigenvalue weighted by Gasteiger charge is -2.09. The monoisotopic (exact) mass is 366 g/mol. The van der Waals surface area contributed by atoms with Gasteiger partial charge in [-0.2, -0.15) is 0 Å². The Kier molecular flexibility index (Phi) is 5.21. The van der Waals surface area contributed by atoms with Gasteiger partial charge < -0.3 is 19.4 Å². The number of methoxy groups -OCH3 is 2. The number of rotatable bonds is 5. The Morgan fingerprint density at radius 1 is 1.04 bits per heavy atom. The van der Waals surface area contributed by atoms with Crippen molar-refractivity contribution in [3.63, 3.8) is 0 Å². The van der Waals surface area contributed by atoms with E-state index in [1.54, 1.807) is 61.8 Å². The quantitative estimate of drug-likeness (QED) is 0.701. The number of nitrogens with zero attached hydrogens (tertiary/aromatic N) is 1. The molecule has 0 atom stereocenters. The highest BCUT2D eigenvalue weighted by molar-refractivity contribution is 5.93. The SMILES string of the molecule is COC(=O)c1ccc(NC(=O)Cn2ccc3cc(OC)ccc3c2=O)cc1. The molecule has 0 fully saturated rings. The molecule has 27 heavy (non-hydrogen) atoms. The van der Waals surface area contributed by atoms with Crippen molar-refractivity contribution >= 4 is 28.3 Å². The molecule has 0 spiro atoms. The largest absolute Gasteiger partial charge is 0.497 e. The Hall–Kier alpha value is -3.61. The number of hydrogen-bond acceptors (Lipinski definition) is 5.